The number of hydrogen-bond acceptors (Lipinski definition) is 6. The molecule has 170 valence electrons. The zero-order valence-electron chi connectivity index (χ0n) is 19.4. The molecule has 1 unspecified atom stereocenters. The Bertz CT molecular complexity index is 1040. The van der Waals surface area contributed by atoms with Crippen molar-refractivity contribution in [1.82, 2.24) is 10.5 Å². The molecule has 1 atom stereocenters. The van der Waals surface area contributed by atoms with Crippen LogP contribution in [0.2, 0.25) is 0 Å². The smallest absolute Gasteiger partial charge is 0.251 e. The third-order valence-electron chi connectivity index (χ3n) is 5.08. The van der Waals surface area contributed by atoms with Gasteiger partial charge in [-0.2, -0.15) is 0 Å². The summed E-state index contributed by atoms with van der Waals surface area (Å²) in [4.78, 5) is 12.8. The topological polar surface area (TPSA) is 82.8 Å². The molecular weight excluding hydrogens is 408 g/mol. The predicted octanol–water partition coefficient (Wildman–Crippen LogP) is 5.16. The first-order valence-corrected chi connectivity index (χ1v) is 10.6. The monoisotopic (exact) mass is 438 g/mol. The Morgan fingerprint density at radius 2 is 1.78 bits per heavy atom. The molecule has 7 nitrogen and oxygen atoms in total. The maximum atomic E-state index is 12.8. The lowest BCUT2D eigenvalue weighted by Gasteiger charge is -2.17. The van der Waals surface area contributed by atoms with Gasteiger partial charge < -0.3 is 24.1 Å². The van der Waals surface area contributed by atoms with Crippen LogP contribution < -0.4 is 19.5 Å². The lowest BCUT2D eigenvalue weighted by molar-refractivity contribution is 0.0939. The van der Waals surface area contributed by atoms with E-state index < -0.39 is 0 Å². The van der Waals surface area contributed by atoms with Gasteiger partial charge in [-0.1, -0.05) is 17.3 Å². The molecule has 0 saturated carbocycles. The fourth-order valence-corrected chi connectivity index (χ4v) is 3.26. The fraction of sp³-hybridized carbons (Fsp3) is 0.360. The van der Waals surface area contributed by atoms with Crippen molar-refractivity contribution in [1.29, 1.82) is 0 Å². The van der Waals surface area contributed by atoms with Gasteiger partial charge in [0.25, 0.3) is 5.91 Å². The molecule has 32 heavy (non-hydrogen) atoms. The Hall–Kier alpha value is -3.48. The first-order chi connectivity index (χ1) is 15.3. The second-order valence-corrected chi connectivity index (χ2v) is 7.89. The molecule has 0 aliphatic carbocycles. The minimum Gasteiger partial charge on any atom is -0.493 e. The minimum atomic E-state index is -0.199. The van der Waals surface area contributed by atoms with E-state index in [1.54, 1.807) is 25.3 Å². The van der Waals surface area contributed by atoms with Gasteiger partial charge in [0.05, 0.1) is 30.5 Å². The maximum Gasteiger partial charge on any atom is 0.251 e. The van der Waals surface area contributed by atoms with Crippen molar-refractivity contribution >= 4 is 5.91 Å². The molecule has 0 aliphatic heterocycles. The Kier molecular flexibility index (Phi) is 7.41. The highest BCUT2D eigenvalue weighted by Gasteiger charge is 2.16. The minimum absolute atomic E-state index is 0.115. The van der Waals surface area contributed by atoms with Gasteiger partial charge in [-0.3, -0.25) is 4.79 Å². The quantitative estimate of drug-likeness (QED) is 0.497. The molecule has 0 fully saturated rings. The first kappa shape index (κ1) is 23.2. The van der Waals surface area contributed by atoms with Gasteiger partial charge >= 0.3 is 0 Å². The number of amides is 1. The van der Waals surface area contributed by atoms with E-state index in [2.05, 4.69) is 10.5 Å². The van der Waals surface area contributed by atoms with Crippen LogP contribution in [-0.2, 0) is 6.61 Å². The van der Waals surface area contributed by atoms with E-state index in [0.717, 1.165) is 28.3 Å². The summed E-state index contributed by atoms with van der Waals surface area (Å²) in [6, 6.07) is 12.7. The number of carbonyl (C=O) groups is 1. The van der Waals surface area contributed by atoms with Crippen LogP contribution in [0.25, 0.3) is 0 Å². The Morgan fingerprint density at radius 1 is 1.06 bits per heavy atom. The number of methoxy groups -OCH3 is 1. The molecule has 3 aromatic rings. The number of aromatic nitrogens is 1. The molecule has 0 saturated heterocycles. The van der Waals surface area contributed by atoms with Crippen molar-refractivity contribution in [2.45, 2.75) is 53.4 Å². The molecule has 1 amide bonds. The number of rotatable bonds is 9. The summed E-state index contributed by atoms with van der Waals surface area (Å²) in [6.07, 6.45) is 0.115. The van der Waals surface area contributed by atoms with Crippen LogP contribution in [0.3, 0.4) is 0 Å². The lowest BCUT2D eigenvalue weighted by Crippen LogP contribution is -2.26. The van der Waals surface area contributed by atoms with Gasteiger partial charge in [0.15, 0.2) is 11.5 Å². The summed E-state index contributed by atoms with van der Waals surface area (Å²) in [6.45, 7) is 9.92. The van der Waals surface area contributed by atoms with Crippen molar-refractivity contribution in [2.75, 3.05) is 7.11 Å². The maximum absolute atomic E-state index is 12.8. The second-order valence-electron chi connectivity index (χ2n) is 7.89. The highest BCUT2D eigenvalue weighted by atomic mass is 16.5. The van der Waals surface area contributed by atoms with E-state index in [4.69, 9.17) is 18.7 Å². The third kappa shape index (κ3) is 5.60. The molecule has 0 radical (unpaired) electrons. The first-order valence-electron chi connectivity index (χ1n) is 10.6. The SMILES string of the molecule is COc1cc(C(=O)NC(C)c2ccc(OC(C)C)cc2)ccc1OCc1c(C)noc1C. The van der Waals surface area contributed by atoms with E-state index in [1.807, 2.05) is 58.9 Å². The van der Waals surface area contributed by atoms with Crippen molar-refractivity contribution in [3.8, 4) is 17.2 Å². The molecule has 1 N–H and O–H groups in total. The van der Waals surface area contributed by atoms with Crippen molar-refractivity contribution in [3.63, 3.8) is 0 Å². The van der Waals surface area contributed by atoms with Gasteiger partial charge in [-0.25, -0.2) is 0 Å². The van der Waals surface area contributed by atoms with E-state index in [1.165, 1.54) is 0 Å². The summed E-state index contributed by atoms with van der Waals surface area (Å²) < 4.78 is 22.2. The van der Waals surface area contributed by atoms with E-state index in [9.17, 15) is 4.79 Å². The summed E-state index contributed by atoms with van der Waals surface area (Å²) in [7, 11) is 1.54. The highest BCUT2D eigenvalue weighted by molar-refractivity contribution is 5.95. The number of benzene rings is 2. The lowest BCUT2D eigenvalue weighted by atomic mass is 10.1. The molecule has 1 heterocycles. The Balaban J connectivity index is 1.66. The molecular formula is C25H30N2O5. The van der Waals surface area contributed by atoms with Crippen molar-refractivity contribution in [3.05, 3.63) is 70.6 Å². The highest BCUT2D eigenvalue weighted by Crippen LogP contribution is 2.30. The van der Waals surface area contributed by atoms with Crippen LogP contribution in [0.1, 0.15) is 59.8 Å². The number of ether oxygens (including phenoxy) is 3. The van der Waals surface area contributed by atoms with Crippen LogP contribution in [-0.4, -0.2) is 24.3 Å². The molecule has 2 aromatic carbocycles. The van der Waals surface area contributed by atoms with E-state index in [0.29, 0.717) is 23.7 Å². The van der Waals surface area contributed by atoms with Crippen molar-refractivity contribution in [2.24, 2.45) is 0 Å². The van der Waals surface area contributed by atoms with Crippen LogP contribution in [0.4, 0.5) is 0 Å². The normalized spacial score (nSPS) is 11.8. The molecule has 7 heteroatoms. The van der Waals surface area contributed by atoms with Crippen LogP contribution in [0, 0.1) is 13.8 Å². The van der Waals surface area contributed by atoms with Crippen LogP contribution in [0.15, 0.2) is 47.0 Å². The largest absolute Gasteiger partial charge is 0.493 e. The predicted molar refractivity (Wildman–Crippen MR) is 121 cm³/mol. The number of aryl methyl sites for hydroxylation is 2. The van der Waals surface area contributed by atoms with E-state index >= 15 is 0 Å². The Labute approximate surface area is 188 Å². The molecule has 0 spiro atoms. The Morgan fingerprint density at radius 3 is 2.38 bits per heavy atom. The van der Waals surface area contributed by atoms with Gasteiger partial charge in [-0.05, 0) is 70.5 Å². The van der Waals surface area contributed by atoms with Crippen LogP contribution in [0.5, 0.6) is 17.2 Å². The second kappa shape index (κ2) is 10.2. The fourth-order valence-electron chi connectivity index (χ4n) is 3.26. The summed E-state index contributed by atoms with van der Waals surface area (Å²) in [5, 5.41) is 6.95. The average Bonchev–Trinajstić information content (AvgIpc) is 3.09. The van der Waals surface area contributed by atoms with Crippen LogP contribution >= 0.6 is 0 Å². The zero-order chi connectivity index (χ0) is 23.3. The summed E-state index contributed by atoms with van der Waals surface area (Å²) in [5.74, 6) is 2.34. The third-order valence-corrected chi connectivity index (χ3v) is 5.08. The standard InChI is InChI=1S/C25H30N2O5/c1-15(2)31-21-10-7-19(8-11-21)16(3)26-25(28)20-9-12-23(24(13-20)29-6)30-14-22-17(4)27-32-18(22)5/h7-13,15-16H,14H2,1-6H3,(H,26,28). The number of hydrogen-bond donors (Lipinski definition) is 1. The average molecular weight is 439 g/mol. The number of carbonyl (C=O) groups excluding carboxylic acids is 1. The molecule has 0 aliphatic rings. The van der Waals surface area contributed by atoms with Crippen molar-refractivity contribution < 1.29 is 23.5 Å². The molecule has 0 bridgehead atoms. The van der Waals surface area contributed by atoms with Gasteiger partial charge in [-0.15, -0.1) is 0 Å². The number of nitrogens with zero attached hydrogens (tertiary/aromatic N) is 1. The summed E-state index contributed by atoms with van der Waals surface area (Å²) in [5.41, 5.74) is 3.15. The molecule has 3 rings (SSSR count). The molecule has 1 aromatic heterocycles. The van der Waals surface area contributed by atoms with Gasteiger partial charge in [0, 0.05) is 5.56 Å². The summed E-state index contributed by atoms with van der Waals surface area (Å²) >= 11 is 0. The zero-order valence-corrected chi connectivity index (χ0v) is 19.4. The van der Waals surface area contributed by atoms with Gasteiger partial charge in [0.2, 0.25) is 0 Å². The van der Waals surface area contributed by atoms with E-state index in [-0.39, 0.29) is 18.1 Å². The number of nitrogens with one attached hydrogen (secondary N) is 1. The van der Waals surface area contributed by atoms with Gasteiger partial charge in [0.1, 0.15) is 18.1 Å².